The predicted octanol–water partition coefficient (Wildman–Crippen LogP) is 2.57. The molecule has 0 aliphatic carbocycles. The van der Waals surface area contributed by atoms with E-state index in [-0.39, 0.29) is 0 Å². The van der Waals surface area contributed by atoms with Gasteiger partial charge in [0.15, 0.2) is 0 Å². The van der Waals surface area contributed by atoms with Gasteiger partial charge in [0.05, 0.1) is 20.4 Å². The van der Waals surface area contributed by atoms with Gasteiger partial charge in [0.1, 0.15) is 17.3 Å². The van der Waals surface area contributed by atoms with Crippen LogP contribution in [0.5, 0.6) is 11.5 Å². The molecule has 0 radical (unpaired) electrons. The van der Waals surface area contributed by atoms with Crippen LogP contribution in [0.25, 0.3) is 0 Å². The molecule has 1 fully saturated rings. The number of methoxy groups -OCH3 is 2. The topological polar surface area (TPSA) is 59.5 Å². The molecule has 0 spiro atoms. The Labute approximate surface area is 136 Å². The van der Waals surface area contributed by atoms with Crippen LogP contribution >= 0.6 is 0 Å². The third-order valence-corrected chi connectivity index (χ3v) is 4.09. The molecule has 0 atom stereocenters. The van der Waals surface area contributed by atoms with E-state index in [2.05, 4.69) is 20.2 Å². The molecule has 23 heavy (non-hydrogen) atoms. The van der Waals surface area contributed by atoms with Gasteiger partial charge in [-0.2, -0.15) is 0 Å². The van der Waals surface area contributed by atoms with E-state index in [0.717, 1.165) is 48.9 Å². The highest BCUT2D eigenvalue weighted by Gasteiger charge is 2.20. The van der Waals surface area contributed by atoms with Crippen molar-refractivity contribution in [1.82, 2.24) is 9.97 Å². The quantitative estimate of drug-likeness (QED) is 0.915. The van der Waals surface area contributed by atoms with Crippen molar-refractivity contribution in [2.45, 2.75) is 18.9 Å². The van der Waals surface area contributed by atoms with Gasteiger partial charge < -0.3 is 19.7 Å². The Morgan fingerprint density at radius 2 is 1.74 bits per heavy atom. The standard InChI is InChI=1S/C17H22N4O2/c1-22-15-9-14(10-16(11-15)23-2)20-13-3-7-21(8-4-13)17-12-18-5-6-19-17/h5-6,9-13,20H,3-4,7-8H2,1-2H3. The van der Waals surface area contributed by atoms with E-state index in [1.807, 2.05) is 24.4 Å². The summed E-state index contributed by atoms with van der Waals surface area (Å²) in [7, 11) is 3.33. The van der Waals surface area contributed by atoms with Crippen molar-refractivity contribution >= 4 is 11.5 Å². The summed E-state index contributed by atoms with van der Waals surface area (Å²) in [6.45, 7) is 1.94. The van der Waals surface area contributed by atoms with Gasteiger partial charge in [0.2, 0.25) is 0 Å². The molecule has 122 valence electrons. The van der Waals surface area contributed by atoms with Crippen molar-refractivity contribution in [3.63, 3.8) is 0 Å². The van der Waals surface area contributed by atoms with E-state index in [0.29, 0.717) is 6.04 Å². The van der Waals surface area contributed by atoms with Crippen LogP contribution in [-0.4, -0.2) is 43.3 Å². The summed E-state index contributed by atoms with van der Waals surface area (Å²) in [6, 6.07) is 6.30. The van der Waals surface area contributed by atoms with Crippen LogP contribution in [0.3, 0.4) is 0 Å². The smallest absolute Gasteiger partial charge is 0.147 e. The van der Waals surface area contributed by atoms with Gasteiger partial charge in [0.25, 0.3) is 0 Å². The van der Waals surface area contributed by atoms with Gasteiger partial charge in [-0.05, 0) is 12.8 Å². The number of hydrogen-bond acceptors (Lipinski definition) is 6. The largest absolute Gasteiger partial charge is 0.497 e. The van der Waals surface area contributed by atoms with Gasteiger partial charge in [-0.25, -0.2) is 4.98 Å². The summed E-state index contributed by atoms with van der Waals surface area (Å²) in [5, 5.41) is 3.58. The number of nitrogens with zero attached hydrogens (tertiary/aromatic N) is 3. The van der Waals surface area contributed by atoms with Crippen molar-refractivity contribution in [3.8, 4) is 11.5 Å². The monoisotopic (exact) mass is 314 g/mol. The molecule has 6 heteroatoms. The average Bonchev–Trinajstić information content (AvgIpc) is 2.62. The van der Waals surface area contributed by atoms with Crippen molar-refractivity contribution in [3.05, 3.63) is 36.8 Å². The Morgan fingerprint density at radius 1 is 1.04 bits per heavy atom. The molecule has 0 saturated carbocycles. The fourth-order valence-electron chi connectivity index (χ4n) is 2.83. The second kappa shape index (κ2) is 7.17. The number of aromatic nitrogens is 2. The number of ether oxygens (including phenoxy) is 2. The SMILES string of the molecule is COc1cc(NC2CCN(c3cnccn3)CC2)cc(OC)c1. The van der Waals surface area contributed by atoms with E-state index in [4.69, 9.17) is 9.47 Å². The second-order valence-electron chi connectivity index (χ2n) is 5.57. The molecular weight excluding hydrogens is 292 g/mol. The number of benzene rings is 1. The number of hydrogen-bond donors (Lipinski definition) is 1. The molecule has 3 rings (SSSR count). The third-order valence-electron chi connectivity index (χ3n) is 4.09. The van der Waals surface area contributed by atoms with E-state index in [9.17, 15) is 0 Å². The lowest BCUT2D eigenvalue weighted by atomic mass is 10.0. The fraction of sp³-hybridized carbons (Fsp3) is 0.412. The van der Waals surface area contributed by atoms with Crippen LogP contribution in [-0.2, 0) is 0 Å². The highest BCUT2D eigenvalue weighted by Crippen LogP contribution is 2.27. The molecule has 1 aromatic carbocycles. The molecule has 1 aliphatic rings. The first-order valence-corrected chi connectivity index (χ1v) is 7.79. The lowest BCUT2D eigenvalue weighted by Gasteiger charge is -2.33. The summed E-state index contributed by atoms with van der Waals surface area (Å²) in [6.07, 6.45) is 7.36. The van der Waals surface area contributed by atoms with Gasteiger partial charge in [-0.3, -0.25) is 4.98 Å². The van der Waals surface area contributed by atoms with E-state index in [1.165, 1.54) is 0 Å². The normalized spacial score (nSPS) is 15.3. The number of piperidine rings is 1. The minimum atomic E-state index is 0.430. The Morgan fingerprint density at radius 3 is 2.30 bits per heavy atom. The Hall–Kier alpha value is -2.50. The summed E-state index contributed by atoms with van der Waals surface area (Å²) >= 11 is 0. The lowest BCUT2D eigenvalue weighted by molar-refractivity contribution is 0.394. The number of nitrogens with one attached hydrogen (secondary N) is 1. The molecule has 2 aromatic rings. The van der Waals surface area contributed by atoms with Crippen molar-refractivity contribution in [2.24, 2.45) is 0 Å². The molecule has 2 heterocycles. The number of anilines is 2. The van der Waals surface area contributed by atoms with Gasteiger partial charge in [-0.15, -0.1) is 0 Å². The highest BCUT2D eigenvalue weighted by atomic mass is 16.5. The van der Waals surface area contributed by atoms with Crippen molar-refractivity contribution in [1.29, 1.82) is 0 Å². The maximum Gasteiger partial charge on any atom is 0.147 e. The van der Waals surface area contributed by atoms with Crippen LogP contribution in [0, 0.1) is 0 Å². The Kier molecular flexibility index (Phi) is 4.80. The zero-order valence-electron chi connectivity index (χ0n) is 13.5. The fourth-order valence-corrected chi connectivity index (χ4v) is 2.83. The molecule has 1 N–H and O–H groups in total. The summed E-state index contributed by atoms with van der Waals surface area (Å²) in [4.78, 5) is 10.8. The molecular formula is C17H22N4O2. The third kappa shape index (κ3) is 3.83. The Balaban J connectivity index is 1.60. The van der Waals surface area contributed by atoms with Crippen LogP contribution in [0.1, 0.15) is 12.8 Å². The van der Waals surface area contributed by atoms with Crippen molar-refractivity contribution in [2.75, 3.05) is 37.5 Å². The van der Waals surface area contributed by atoms with Gasteiger partial charge in [-0.1, -0.05) is 0 Å². The summed E-state index contributed by atoms with van der Waals surface area (Å²) in [5.74, 6) is 2.54. The van der Waals surface area contributed by atoms with Crippen molar-refractivity contribution < 1.29 is 9.47 Å². The first-order valence-electron chi connectivity index (χ1n) is 7.79. The van der Waals surface area contributed by atoms with E-state index in [1.54, 1.807) is 26.6 Å². The van der Waals surface area contributed by atoms with Crippen LogP contribution < -0.4 is 19.7 Å². The Bertz CT molecular complexity index is 605. The molecule has 0 unspecified atom stereocenters. The number of rotatable bonds is 5. The summed E-state index contributed by atoms with van der Waals surface area (Å²) in [5.41, 5.74) is 1.03. The molecule has 6 nitrogen and oxygen atoms in total. The lowest BCUT2D eigenvalue weighted by Crippen LogP contribution is -2.39. The average molecular weight is 314 g/mol. The zero-order chi connectivity index (χ0) is 16.1. The minimum Gasteiger partial charge on any atom is -0.497 e. The minimum absolute atomic E-state index is 0.430. The molecule has 1 saturated heterocycles. The molecule has 1 aliphatic heterocycles. The van der Waals surface area contributed by atoms with Crippen LogP contribution in [0.4, 0.5) is 11.5 Å². The predicted molar refractivity (Wildman–Crippen MR) is 90.4 cm³/mol. The molecule has 1 aromatic heterocycles. The highest BCUT2D eigenvalue weighted by molar-refractivity contribution is 5.54. The first-order chi connectivity index (χ1) is 11.3. The van der Waals surface area contributed by atoms with Crippen LogP contribution in [0.2, 0.25) is 0 Å². The van der Waals surface area contributed by atoms with Gasteiger partial charge in [0, 0.05) is 55.4 Å². The summed E-state index contributed by atoms with van der Waals surface area (Å²) < 4.78 is 10.6. The maximum absolute atomic E-state index is 5.32. The zero-order valence-corrected chi connectivity index (χ0v) is 13.5. The maximum atomic E-state index is 5.32. The molecule has 0 amide bonds. The van der Waals surface area contributed by atoms with E-state index < -0.39 is 0 Å². The van der Waals surface area contributed by atoms with Crippen LogP contribution in [0.15, 0.2) is 36.8 Å². The van der Waals surface area contributed by atoms with Gasteiger partial charge >= 0.3 is 0 Å². The second-order valence-corrected chi connectivity index (χ2v) is 5.57. The first kappa shape index (κ1) is 15.4. The molecule has 0 bridgehead atoms. The van der Waals surface area contributed by atoms with E-state index >= 15 is 0 Å².